The summed E-state index contributed by atoms with van der Waals surface area (Å²) in [7, 11) is -3.72. The van der Waals surface area contributed by atoms with Gasteiger partial charge in [0.05, 0.1) is 23.3 Å². The Bertz CT molecular complexity index is 672. The summed E-state index contributed by atoms with van der Waals surface area (Å²) in [5.74, 6) is 0. The van der Waals surface area contributed by atoms with E-state index >= 15 is 0 Å². The highest BCUT2D eigenvalue weighted by atomic mass is 32.2. The third-order valence-corrected chi connectivity index (χ3v) is 4.22. The number of aryl methyl sites for hydroxylation is 2. The molecule has 0 atom stereocenters. The predicted molar refractivity (Wildman–Crippen MR) is 69.9 cm³/mol. The third-order valence-electron chi connectivity index (χ3n) is 2.63. The van der Waals surface area contributed by atoms with E-state index in [4.69, 9.17) is 5.73 Å². The van der Waals surface area contributed by atoms with Crippen molar-refractivity contribution in [2.24, 2.45) is 5.73 Å². The Morgan fingerprint density at radius 1 is 1.53 bits per heavy atom. The molecule has 104 valence electrons. The highest BCUT2D eigenvalue weighted by Crippen LogP contribution is 2.20. The molecule has 9 heteroatoms. The van der Waals surface area contributed by atoms with E-state index in [0.717, 1.165) is 0 Å². The van der Waals surface area contributed by atoms with Crippen molar-refractivity contribution < 1.29 is 8.42 Å². The average molecular weight is 284 g/mol. The monoisotopic (exact) mass is 284 g/mol. The number of hydrogen-bond acceptors (Lipinski definition) is 5. The van der Waals surface area contributed by atoms with E-state index in [1.165, 1.54) is 6.20 Å². The number of anilines is 1. The van der Waals surface area contributed by atoms with Gasteiger partial charge in [0.2, 0.25) is 0 Å². The van der Waals surface area contributed by atoms with Crippen LogP contribution in [0.25, 0.3) is 0 Å². The number of nitrogens with two attached hydrogens (primary N) is 1. The second-order valence-corrected chi connectivity index (χ2v) is 5.64. The number of H-pyrrole nitrogens is 1. The maximum absolute atomic E-state index is 12.3. The molecule has 4 N–H and O–H groups in total. The number of nitrogens with zero attached hydrogens (tertiary/aromatic N) is 3. The fourth-order valence-corrected chi connectivity index (χ4v) is 3.17. The first kappa shape index (κ1) is 13.6. The molecular weight excluding hydrogens is 268 g/mol. The van der Waals surface area contributed by atoms with Crippen LogP contribution in [-0.2, 0) is 23.1 Å². The molecule has 0 aliphatic carbocycles. The van der Waals surface area contributed by atoms with Crippen molar-refractivity contribution in [1.82, 2.24) is 20.0 Å². The van der Waals surface area contributed by atoms with Crippen LogP contribution in [0.4, 0.5) is 5.69 Å². The molecule has 8 nitrogen and oxygen atoms in total. The number of nitrogens with one attached hydrogen (secondary N) is 2. The van der Waals surface area contributed by atoms with Gasteiger partial charge < -0.3 is 5.73 Å². The van der Waals surface area contributed by atoms with Crippen LogP contribution in [0.2, 0.25) is 0 Å². The summed E-state index contributed by atoms with van der Waals surface area (Å²) in [6, 6.07) is 0. The van der Waals surface area contributed by atoms with Crippen LogP contribution in [0.1, 0.15) is 18.3 Å². The SMILES string of the molecule is CCn1cc(NS(=O)(=O)c2c(CN)n[nH]c2C)cn1. The number of hydrogen-bond donors (Lipinski definition) is 3. The summed E-state index contributed by atoms with van der Waals surface area (Å²) in [4.78, 5) is 0.0965. The maximum Gasteiger partial charge on any atom is 0.265 e. The minimum atomic E-state index is -3.72. The smallest absolute Gasteiger partial charge is 0.265 e. The Balaban J connectivity index is 2.34. The van der Waals surface area contributed by atoms with Crippen molar-refractivity contribution in [1.29, 1.82) is 0 Å². The highest BCUT2D eigenvalue weighted by Gasteiger charge is 2.24. The summed E-state index contributed by atoms with van der Waals surface area (Å²) in [5.41, 5.74) is 6.66. The molecule has 0 bridgehead atoms. The van der Waals surface area contributed by atoms with E-state index in [1.54, 1.807) is 17.8 Å². The molecule has 0 aliphatic rings. The van der Waals surface area contributed by atoms with Gasteiger partial charge in [-0.1, -0.05) is 0 Å². The normalized spacial score (nSPS) is 11.7. The van der Waals surface area contributed by atoms with Gasteiger partial charge in [0, 0.05) is 19.3 Å². The van der Waals surface area contributed by atoms with E-state index in [2.05, 4.69) is 20.0 Å². The fraction of sp³-hybridized carbons (Fsp3) is 0.400. The minimum absolute atomic E-state index is 0.0504. The first-order chi connectivity index (χ1) is 8.97. The lowest BCUT2D eigenvalue weighted by Gasteiger charge is -2.06. The van der Waals surface area contributed by atoms with E-state index in [-0.39, 0.29) is 11.4 Å². The van der Waals surface area contributed by atoms with Crippen LogP contribution in [-0.4, -0.2) is 28.4 Å². The molecule has 2 aromatic heterocycles. The van der Waals surface area contributed by atoms with Crippen LogP contribution >= 0.6 is 0 Å². The molecule has 0 unspecified atom stereocenters. The molecule has 19 heavy (non-hydrogen) atoms. The van der Waals surface area contributed by atoms with Crippen molar-refractivity contribution in [2.75, 3.05) is 4.72 Å². The lowest BCUT2D eigenvalue weighted by molar-refractivity contribution is 0.599. The van der Waals surface area contributed by atoms with Crippen LogP contribution in [0.3, 0.4) is 0 Å². The summed E-state index contributed by atoms with van der Waals surface area (Å²) in [5, 5.41) is 10.5. The molecule has 0 radical (unpaired) electrons. The molecule has 0 aliphatic heterocycles. The molecule has 2 heterocycles. The van der Waals surface area contributed by atoms with Gasteiger partial charge >= 0.3 is 0 Å². The average Bonchev–Trinajstić information content (AvgIpc) is 2.95. The lowest BCUT2D eigenvalue weighted by Crippen LogP contribution is -2.16. The van der Waals surface area contributed by atoms with Gasteiger partial charge in [0.15, 0.2) is 0 Å². The van der Waals surface area contributed by atoms with Crippen molar-refractivity contribution in [3.63, 3.8) is 0 Å². The molecular formula is C10H16N6O2S. The van der Waals surface area contributed by atoms with Crippen molar-refractivity contribution in [3.8, 4) is 0 Å². The largest absolute Gasteiger partial charge is 0.325 e. The second kappa shape index (κ2) is 5.02. The first-order valence-electron chi connectivity index (χ1n) is 5.77. The standard InChI is InChI=1S/C10H16N6O2S/c1-3-16-6-8(5-12-16)15-19(17,18)10-7(2)13-14-9(10)4-11/h5-6,15H,3-4,11H2,1-2H3,(H,13,14). The Labute approximate surface area is 111 Å². The van der Waals surface area contributed by atoms with Crippen molar-refractivity contribution in [3.05, 3.63) is 23.8 Å². The lowest BCUT2D eigenvalue weighted by atomic mass is 10.4. The van der Waals surface area contributed by atoms with Crippen LogP contribution in [0.5, 0.6) is 0 Å². The maximum atomic E-state index is 12.3. The third kappa shape index (κ3) is 2.61. The Morgan fingerprint density at radius 2 is 2.26 bits per heavy atom. The van der Waals surface area contributed by atoms with Crippen LogP contribution in [0, 0.1) is 6.92 Å². The summed E-state index contributed by atoms with van der Waals surface area (Å²) in [6.45, 7) is 4.27. The number of aromatic nitrogens is 4. The quantitative estimate of drug-likeness (QED) is 0.724. The first-order valence-corrected chi connectivity index (χ1v) is 7.25. The van der Waals surface area contributed by atoms with Gasteiger partial charge in [0.25, 0.3) is 10.0 Å². The molecule has 0 saturated carbocycles. The minimum Gasteiger partial charge on any atom is -0.325 e. The van der Waals surface area contributed by atoms with Gasteiger partial charge in [0.1, 0.15) is 4.90 Å². The zero-order valence-electron chi connectivity index (χ0n) is 10.7. The van der Waals surface area contributed by atoms with Gasteiger partial charge in [-0.25, -0.2) is 8.42 Å². The Kier molecular flexibility index (Phi) is 3.58. The molecule has 0 amide bonds. The molecule has 2 aromatic rings. The van der Waals surface area contributed by atoms with Gasteiger partial charge in [-0.05, 0) is 13.8 Å². The summed E-state index contributed by atoms with van der Waals surface area (Å²) < 4.78 is 28.7. The summed E-state index contributed by atoms with van der Waals surface area (Å²) >= 11 is 0. The molecule has 0 spiro atoms. The summed E-state index contributed by atoms with van der Waals surface area (Å²) in [6.07, 6.45) is 3.08. The second-order valence-electron chi connectivity index (χ2n) is 4.02. The van der Waals surface area contributed by atoms with E-state index in [1.807, 2.05) is 6.92 Å². The predicted octanol–water partition coefficient (Wildman–Crippen LogP) is 0.194. The van der Waals surface area contributed by atoms with Crippen molar-refractivity contribution >= 4 is 15.7 Å². The number of sulfonamides is 1. The zero-order valence-corrected chi connectivity index (χ0v) is 11.5. The van der Waals surface area contributed by atoms with Crippen molar-refractivity contribution in [2.45, 2.75) is 31.8 Å². The Morgan fingerprint density at radius 3 is 2.84 bits per heavy atom. The molecule has 0 aromatic carbocycles. The zero-order chi connectivity index (χ0) is 14.0. The van der Waals surface area contributed by atoms with Gasteiger partial charge in [-0.15, -0.1) is 0 Å². The van der Waals surface area contributed by atoms with Gasteiger partial charge in [-0.3, -0.25) is 14.5 Å². The van der Waals surface area contributed by atoms with Crippen LogP contribution < -0.4 is 10.5 Å². The van der Waals surface area contributed by atoms with E-state index in [0.29, 0.717) is 23.6 Å². The topological polar surface area (TPSA) is 119 Å². The molecule has 0 saturated heterocycles. The van der Waals surface area contributed by atoms with E-state index < -0.39 is 10.0 Å². The van der Waals surface area contributed by atoms with Crippen LogP contribution in [0.15, 0.2) is 17.3 Å². The molecule has 2 rings (SSSR count). The number of rotatable bonds is 5. The van der Waals surface area contributed by atoms with Gasteiger partial charge in [-0.2, -0.15) is 10.2 Å². The highest BCUT2D eigenvalue weighted by molar-refractivity contribution is 7.92. The Hall–Kier alpha value is -1.87. The van der Waals surface area contributed by atoms with E-state index in [9.17, 15) is 8.42 Å². The number of aromatic amines is 1. The molecule has 0 fully saturated rings. The fourth-order valence-electron chi connectivity index (χ4n) is 1.76.